The number of fused-ring (bicyclic) bond motifs is 2. The van der Waals surface area contributed by atoms with Crippen LogP contribution in [0.4, 0.5) is 0 Å². The summed E-state index contributed by atoms with van der Waals surface area (Å²) in [6, 6.07) is 47.5. The van der Waals surface area contributed by atoms with E-state index in [2.05, 4.69) is 97.1 Å². The molecule has 6 aromatic carbocycles. The number of phenols is 1. The van der Waals surface area contributed by atoms with Crippen molar-refractivity contribution in [3.05, 3.63) is 140 Å². The van der Waals surface area contributed by atoms with Gasteiger partial charge in [-0.05, 0) is 43.8 Å². The van der Waals surface area contributed by atoms with Crippen molar-refractivity contribution in [3.8, 4) is 16.9 Å². The van der Waals surface area contributed by atoms with Gasteiger partial charge in [0.15, 0.2) is 0 Å². The first kappa shape index (κ1) is 21.9. The maximum Gasteiger partial charge on any atom is 0.124 e. The van der Waals surface area contributed by atoms with Crippen molar-refractivity contribution in [2.24, 2.45) is 0 Å². The molecule has 0 heterocycles. The molecule has 1 N–H and O–H groups in total. The largest absolute Gasteiger partial charge is 0.507 e. The number of aromatic hydroxyl groups is 1. The molecule has 0 aliphatic rings. The fourth-order valence-corrected chi connectivity index (χ4v) is 5.25. The Balaban J connectivity index is 0.000000159. The normalized spacial score (nSPS) is 10.6. The molecule has 0 spiro atoms. The molecule has 34 heavy (non-hydrogen) atoms. The fraction of sp³-hybridized carbons (Fsp3) is 0. The summed E-state index contributed by atoms with van der Waals surface area (Å²) in [5, 5.41) is 17.8. The lowest BCUT2D eigenvalue weighted by Gasteiger charge is -2.12. The molecule has 0 atom stereocenters. The molecule has 1 nitrogen and oxygen atoms in total. The molecule has 0 aliphatic heterocycles. The molecule has 6 aromatic rings. The quantitative estimate of drug-likeness (QED) is 0.271. The van der Waals surface area contributed by atoms with Crippen LogP contribution >= 0.6 is 8.58 Å². The Morgan fingerprint density at radius 1 is 0.412 bits per heavy atom. The van der Waals surface area contributed by atoms with Gasteiger partial charge in [-0.3, -0.25) is 0 Å². The van der Waals surface area contributed by atoms with Gasteiger partial charge < -0.3 is 5.11 Å². The highest BCUT2D eigenvalue weighted by Crippen LogP contribution is 2.39. The Morgan fingerprint density at radius 3 is 1.56 bits per heavy atom. The third-order valence-corrected chi connectivity index (χ3v) is 7.05. The molecule has 0 bridgehead atoms. The summed E-state index contributed by atoms with van der Waals surface area (Å²) in [7, 11) is 0.777. The van der Waals surface area contributed by atoms with Crippen molar-refractivity contribution < 1.29 is 5.11 Å². The van der Waals surface area contributed by atoms with Crippen LogP contribution in [0.1, 0.15) is 0 Å². The Morgan fingerprint density at radius 2 is 0.912 bits per heavy atom. The van der Waals surface area contributed by atoms with Crippen molar-refractivity contribution in [1.82, 2.24) is 0 Å². The number of hydrogen-bond donors (Lipinski definition) is 1. The van der Waals surface area contributed by atoms with Crippen LogP contribution in [0, 0.1) is 0 Å². The van der Waals surface area contributed by atoms with Crippen LogP contribution in [0.25, 0.3) is 32.7 Å². The van der Waals surface area contributed by atoms with Crippen molar-refractivity contribution in [3.63, 3.8) is 0 Å². The maximum absolute atomic E-state index is 10.4. The van der Waals surface area contributed by atoms with Crippen molar-refractivity contribution in [1.29, 1.82) is 0 Å². The third kappa shape index (κ3) is 4.86. The van der Waals surface area contributed by atoms with Crippen LogP contribution in [-0.2, 0) is 0 Å². The minimum Gasteiger partial charge on any atom is -0.507 e. The molecular weight excluding hydrogens is 431 g/mol. The van der Waals surface area contributed by atoms with E-state index in [-0.39, 0.29) is 0 Å². The second-order valence-corrected chi connectivity index (χ2v) is 9.47. The van der Waals surface area contributed by atoms with E-state index in [0.29, 0.717) is 5.75 Å². The van der Waals surface area contributed by atoms with Crippen LogP contribution in [0.5, 0.6) is 5.75 Å². The van der Waals surface area contributed by atoms with Gasteiger partial charge in [0.25, 0.3) is 0 Å². The van der Waals surface area contributed by atoms with Crippen LogP contribution in [0.15, 0.2) is 140 Å². The maximum atomic E-state index is 10.4. The molecule has 164 valence electrons. The van der Waals surface area contributed by atoms with Gasteiger partial charge in [-0.15, -0.1) is 0 Å². The zero-order valence-electron chi connectivity index (χ0n) is 18.7. The highest BCUT2D eigenvalue weighted by molar-refractivity contribution is 7.55. The van der Waals surface area contributed by atoms with Crippen LogP contribution in [0.3, 0.4) is 0 Å². The zero-order chi connectivity index (χ0) is 23.2. The predicted octanol–water partition coefficient (Wildman–Crippen LogP) is 7.68. The van der Waals surface area contributed by atoms with Crippen molar-refractivity contribution >= 4 is 40.7 Å². The van der Waals surface area contributed by atoms with Gasteiger partial charge in [0.05, 0.1) is 0 Å². The SMILES string of the molecule is Oc1ccc2ccccc2c1-c1cccc2ccccc12.c1ccc(Pc2ccccc2)cc1. The molecule has 0 amide bonds. The Hall–Kier alpha value is -3.93. The van der Waals surface area contributed by atoms with Gasteiger partial charge in [0.2, 0.25) is 0 Å². The molecule has 0 aliphatic carbocycles. The van der Waals surface area contributed by atoms with Gasteiger partial charge in [-0.2, -0.15) is 0 Å². The minimum absolute atomic E-state index is 0.324. The zero-order valence-corrected chi connectivity index (χ0v) is 19.7. The second kappa shape index (κ2) is 10.3. The van der Waals surface area contributed by atoms with E-state index < -0.39 is 0 Å². The smallest absolute Gasteiger partial charge is 0.124 e. The number of phenolic OH excluding ortho intramolecular Hbond substituents is 1. The number of hydrogen-bond acceptors (Lipinski definition) is 1. The lowest BCUT2D eigenvalue weighted by Crippen LogP contribution is -2.01. The predicted molar refractivity (Wildman–Crippen MR) is 149 cm³/mol. The lowest BCUT2D eigenvalue weighted by atomic mass is 9.93. The molecule has 2 heteroatoms. The molecular formula is C32H25OP. The van der Waals surface area contributed by atoms with E-state index in [1.807, 2.05) is 36.4 Å². The molecule has 0 radical (unpaired) electrons. The summed E-state index contributed by atoms with van der Waals surface area (Å²) >= 11 is 0. The molecule has 0 saturated heterocycles. The van der Waals surface area contributed by atoms with E-state index >= 15 is 0 Å². The highest BCUT2D eigenvalue weighted by atomic mass is 31.1. The van der Waals surface area contributed by atoms with Crippen molar-refractivity contribution in [2.45, 2.75) is 0 Å². The summed E-state index contributed by atoms with van der Waals surface area (Å²) in [4.78, 5) is 0. The van der Waals surface area contributed by atoms with E-state index in [4.69, 9.17) is 0 Å². The number of benzene rings is 6. The van der Waals surface area contributed by atoms with E-state index in [1.165, 1.54) is 16.0 Å². The average molecular weight is 457 g/mol. The molecule has 6 rings (SSSR count). The molecule has 0 unspecified atom stereocenters. The van der Waals surface area contributed by atoms with Gasteiger partial charge in [-0.25, -0.2) is 0 Å². The van der Waals surface area contributed by atoms with Gasteiger partial charge >= 0.3 is 0 Å². The fourth-order valence-electron chi connectivity index (χ4n) is 4.20. The first-order valence-electron chi connectivity index (χ1n) is 11.4. The molecule has 0 fully saturated rings. The van der Waals surface area contributed by atoms with E-state index in [1.54, 1.807) is 6.07 Å². The molecule has 0 saturated carbocycles. The van der Waals surface area contributed by atoms with Crippen LogP contribution < -0.4 is 10.6 Å². The summed E-state index contributed by atoms with van der Waals surface area (Å²) in [5.41, 5.74) is 1.98. The second-order valence-electron chi connectivity index (χ2n) is 8.06. The highest BCUT2D eigenvalue weighted by Gasteiger charge is 2.11. The summed E-state index contributed by atoms with van der Waals surface area (Å²) < 4.78 is 0. The topological polar surface area (TPSA) is 20.2 Å². The first-order chi connectivity index (χ1) is 16.8. The van der Waals surface area contributed by atoms with E-state index in [0.717, 1.165) is 35.9 Å². The minimum atomic E-state index is 0.324. The summed E-state index contributed by atoms with van der Waals surface area (Å²) in [6.07, 6.45) is 0. The summed E-state index contributed by atoms with van der Waals surface area (Å²) in [5.74, 6) is 0.324. The van der Waals surface area contributed by atoms with E-state index in [9.17, 15) is 5.11 Å². The monoisotopic (exact) mass is 456 g/mol. The third-order valence-electron chi connectivity index (χ3n) is 5.80. The van der Waals surface area contributed by atoms with Gasteiger partial charge in [0, 0.05) is 5.56 Å². The Bertz CT molecular complexity index is 1480. The average Bonchev–Trinajstić information content (AvgIpc) is 2.90. The first-order valence-corrected chi connectivity index (χ1v) is 12.4. The molecule has 0 aromatic heterocycles. The van der Waals surface area contributed by atoms with Crippen LogP contribution in [0.2, 0.25) is 0 Å². The van der Waals surface area contributed by atoms with Crippen LogP contribution in [-0.4, -0.2) is 5.11 Å². The standard InChI is InChI=1S/C20H14O.C12H11P/c21-19-13-12-15-7-2-4-10-17(15)20(19)18-11-5-8-14-6-1-3-9-16(14)18;1-3-7-11(8-4-1)13-12-9-5-2-6-10-12/h1-13,21H;1-10,13H. The summed E-state index contributed by atoms with van der Waals surface area (Å²) in [6.45, 7) is 0. The Labute approximate surface area is 202 Å². The number of rotatable bonds is 3. The van der Waals surface area contributed by atoms with Gasteiger partial charge in [-0.1, -0.05) is 142 Å². The van der Waals surface area contributed by atoms with Gasteiger partial charge in [0.1, 0.15) is 5.75 Å². The van der Waals surface area contributed by atoms with Crippen molar-refractivity contribution in [2.75, 3.05) is 0 Å². The lowest BCUT2D eigenvalue weighted by molar-refractivity contribution is 0.478. The Kier molecular flexibility index (Phi) is 6.66.